The van der Waals surface area contributed by atoms with Gasteiger partial charge < -0.3 is 9.84 Å². The molecule has 0 aliphatic rings. The third-order valence-electron chi connectivity index (χ3n) is 4.84. The molecule has 150 valence electrons. The van der Waals surface area contributed by atoms with Crippen LogP contribution in [0.1, 0.15) is 80.0 Å². The maximum Gasteiger partial charge on any atom is 0.338 e. The summed E-state index contributed by atoms with van der Waals surface area (Å²) in [5.74, 6) is -0.290. The quantitative estimate of drug-likeness (QED) is 0.365. The molecule has 3 nitrogen and oxygen atoms in total. The number of hydrogen-bond acceptors (Lipinski definition) is 3. The number of rotatable bonds is 11. The van der Waals surface area contributed by atoms with Gasteiger partial charge in [-0.3, -0.25) is 0 Å². The summed E-state index contributed by atoms with van der Waals surface area (Å²) in [6, 6.07) is 17.3. The second kappa shape index (κ2) is 12.1. The topological polar surface area (TPSA) is 46.5 Å². The third-order valence-corrected chi connectivity index (χ3v) is 4.84. The molecule has 3 heteroatoms. The van der Waals surface area contributed by atoms with Crippen LogP contribution in [-0.2, 0) is 4.74 Å². The molecular weight excluding hydrogens is 348 g/mol. The Labute approximate surface area is 169 Å². The van der Waals surface area contributed by atoms with E-state index in [0.29, 0.717) is 18.6 Å². The predicted octanol–water partition coefficient (Wildman–Crippen LogP) is 6.34. The minimum Gasteiger partial charge on any atom is -0.462 e. The summed E-state index contributed by atoms with van der Waals surface area (Å²) in [6.07, 6.45) is 7.96. The van der Waals surface area contributed by atoms with Crippen LogP contribution in [0.5, 0.6) is 0 Å². The molecule has 0 aromatic heterocycles. The summed E-state index contributed by atoms with van der Waals surface area (Å²) in [4.78, 5) is 11.9. The smallest absolute Gasteiger partial charge is 0.338 e. The number of allylic oxidation sites excluding steroid dienone is 1. The Morgan fingerprint density at radius 2 is 1.64 bits per heavy atom. The Hall–Kier alpha value is -2.39. The maximum atomic E-state index is 11.9. The highest BCUT2D eigenvalue weighted by Crippen LogP contribution is 2.26. The number of benzene rings is 2. The first-order valence-corrected chi connectivity index (χ1v) is 10.3. The van der Waals surface area contributed by atoms with Crippen LogP contribution >= 0.6 is 0 Å². The number of carbonyl (C=O) groups excluding carboxylic acids is 1. The summed E-state index contributed by atoms with van der Waals surface area (Å²) >= 11 is 0. The molecule has 28 heavy (non-hydrogen) atoms. The van der Waals surface area contributed by atoms with Crippen molar-refractivity contribution in [1.82, 2.24) is 0 Å². The van der Waals surface area contributed by atoms with E-state index in [2.05, 4.69) is 13.0 Å². The van der Waals surface area contributed by atoms with Crippen molar-refractivity contribution >= 4 is 11.5 Å². The van der Waals surface area contributed by atoms with Crippen LogP contribution in [0.2, 0.25) is 0 Å². The minimum absolute atomic E-state index is 0.290. The van der Waals surface area contributed by atoms with Gasteiger partial charge in [0, 0.05) is 0 Å². The zero-order valence-corrected chi connectivity index (χ0v) is 17.1. The van der Waals surface area contributed by atoms with Crippen LogP contribution in [0.3, 0.4) is 0 Å². The van der Waals surface area contributed by atoms with Crippen LogP contribution in [0, 0.1) is 0 Å². The summed E-state index contributed by atoms with van der Waals surface area (Å²) in [6.45, 7) is 4.39. The second-order valence-electron chi connectivity index (χ2n) is 7.00. The first-order chi connectivity index (χ1) is 13.7. The molecule has 0 fully saturated rings. The molecular formula is C25H32O3. The Bertz CT molecular complexity index is 732. The van der Waals surface area contributed by atoms with E-state index in [1.54, 1.807) is 0 Å². The number of ether oxygens (including phenoxy) is 1. The SMILES string of the molecule is CCCCCC/C(=C/CC(O)c1ccccc1)c1ccc(C(=O)OCC)cc1. The van der Waals surface area contributed by atoms with Gasteiger partial charge >= 0.3 is 5.97 Å². The van der Waals surface area contributed by atoms with Gasteiger partial charge in [-0.2, -0.15) is 0 Å². The van der Waals surface area contributed by atoms with Crippen molar-refractivity contribution in [3.63, 3.8) is 0 Å². The Balaban J connectivity index is 2.12. The van der Waals surface area contributed by atoms with Crippen LogP contribution in [0.4, 0.5) is 0 Å². The van der Waals surface area contributed by atoms with Gasteiger partial charge in [0.25, 0.3) is 0 Å². The molecule has 1 N–H and O–H groups in total. The molecule has 2 aromatic carbocycles. The van der Waals surface area contributed by atoms with Gasteiger partial charge in [0.05, 0.1) is 18.3 Å². The maximum absolute atomic E-state index is 11.9. The lowest BCUT2D eigenvalue weighted by atomic mass is 9.95. The molecule has 0 radical (unpaired) electrons. The highest BCUT2D eigenvalue weighted by atomic mass is 16.5. The van der Waals surface area contributed by atoms with Gasteiger partial charge in [-0.25, -0.2) is 4.79 Å². The van der Waals surface area contributed by atoms with Crippen LogP contribution in [0.15, 0.2) is 60.7 Å². The number of aliphatic hydroxyl groups is 1. The standard InChI is InChI=1S/C25H32O3/c1-3-5-6-8-11-20(18-19-24(26)22-12-9-7-10-13-22)21-14-16-23(17-15-21)25(27)28-4-2/h7,9-10,12-18,24,26H,3-6,8,11,19H2,1-2H3/b20-18-. The third kappa shape index (κ3) is 6.97. The van der Waals surface area contributed by atoms with Crippen molar-refractivity contribution in [2.75, 3.05) is 6.61 Å². The number of hydrogen-bond donors (Lipinski definition) is 1. The Morgan fingerprint density at radius 3 is 2.29 bits per heavy atom. The minimum atomic E-state index is -0.509. The lowest BCUT2D eigenvalue weighted by molar-refractivity contribution is 0.0526. The molecule has 0 bridgehead atoms. The first-order valence-electron chi connectivity index (χ1n) is 10.3. The van der Waals surface area contributed by atoms with Crippen molar-refractivity contribution in [3.05, 3.63) is 77.4 Å². The van der Waals surface area contributed by atoms with E-state index in [1.165, 1.54) is 24.8 Å². The molecule has 2 rings (SSSR count). The zero-order valence-electron chi connectivity index (χ0n) is 17.1. The first kappa shape index (κ1) is 21.9. The lowest BCUT2D eigenvalue weighted by Gasteiger charge is -2.12. The van der Waals surface area contributed by atoms with Crippen LogP contribution in [0.25, 0.3) is 5.57 Å². The molecule has 0 aliphatic carbocycles. The molecule has 1 atom stereocenters. The Morgan fingerprint density at radius 1 is 0.964 bits per heavy atom. The van der Waals surface area contributed by atoms with Crippen molar-refractivity contribution in [2.24, 2.45) is 0 Å². The highest BCUT2D eigenvalue weighted by molar-refractivity contribution is 5.89. The number of carbonyl (C=O) groups is 1. The van der Waals surface area contributed by atoms with E-state index in [1.807, 2.05) is 61.5 Å². The zero-order chi connectivity index (χ0) is 20.2. The fourth-order valence-corrected chi connectivity index (χ4v) is 3.21. The van der Waals surface area contributed by atoms with E-state index in [0.717, 1.165) is 24.0 Å². The van der Waals surface area contributed by atoms with Crippen molar-refractivity contribution in [3.8, 4) is 0 Å². The molecule has 0 saturated heterocycles. The summed E-state index contributed by atoms with van der Waals surface area (Å²) < 4.78 is 5.06. The van der Waals surface area contributed by atoms with Gasteiger partial charge in [0.15, 0.2) is 0 Å². The average Bonchev–Trinajstić information content (AvgIpc) is 2.74. The normalized spacial score (nSPS) is 12.6. The molecule has 0 amide bonds. The van der Waals surface area contributed by atoms with E-state index in [9.17, 15) is 9.90 Å². The molecule has 0 saturated carbocycles. The fraction of sp³-hybridized carbons (Fsp3) is 0.400. The predicted molar refractivity (Wildman–Crippen MR) is 115 cm³/mol. The number of aliphatic hydroxyl groups excluding tert-OH is 1. The van der Waals surface area contributed by atoms with E-state index in [4.69, 9.17) is 4.74 Å². The fourth-order valence-electron chi connectivity index (χ4n) is 3.21. The van der Waals surface area contributed by atoms with Gasteiger partial charge in [0.1, 0.15) is 0 Å². The molecule has 0 spiro atoms. The van der Waals surface area contributed by atoms with Gasteiger partial charge in [-0.15, -0.1) is 0 Å². The van der Waals surface area contributed by atoms with Gasteiger partial charge in [0.2, 0.25) is 0 Å². The largest absolute Gasteiger partial charge is 0.462 e. The van der Waals surface area contributed by atoms with Crippen LogP contribution in [-0.4, -0.2) is 17.7 Å². The second-order valence-corrected chi connectivity index (χ2v) is 7.00. The number of unbranched alkanes of at least 4 members (excludes halogenated alkanes) is 3. The monoisotopic (exact) mass is 380 g/mol. The van der Waals surface area contributed by atoms with Crippen molar-refractivity contribution in [2.45, 2.75) is 58.5 Å². The summed E-state index contributed by atoms with van der Waals surface area (Å²) in [5.41, 5.74) is 3.83. The van der Waals surface area contributed by atoms with Gasteiger partial charge in [-0.05, 0) is 55.0 Å². The molecule has 0 aliphatic heterocycles. The number of esters is 1. The molecule has 2 aromatic rings. The van der Waals surface area contributed by atoms with E-state index >= 15 is 0 Å². The average molecular weight is 381 g/mol. The molecule has 0 heterocycles. The Kier molecular flexibility index (Phi) is 9.50. The highest BCUT2D eigenvalue weighted by Gasteiger charge is 2.10. The van der Waals surface area contributed by atoms with Crippen molar-refractivity contribution < 1.29 is 14.6 Å². The van der Waals surface area contributed by atoms with Crippen LogP contribution < -0.4 is 0 Å². The van der Waals surface area contributed by atoms with E-state index < -0.39 is 6.10 Å². The molecule has 1 unspecified atom stereocenters. The van der Waals surface area contributed by atoms with E-state index in [-0.39, 0.29) is 5.97 Å². The summed E-state index contributed by atoms with van der Waals surface area (Å²) in [7, 11) is 0. The van der Waals surface area contributed by atoms with Crippen molar-refractivity contribution in [1.29, 1.82) is 0 Å². The van der Waals surface area contributed by atoms with Gasteiger partial charge in [-0.1, -0.05) is 74.7 Å². The lowest BCUT2D eigenvalue weighted by Crippen LogP contribution is -2.04. The summed E-state index contributed by atoms with van der Waals surface area (Å²) in [5, 5.41) is 10.5.